The van der Waals surface area contributed by atoms with Crippen LogP contribution in [0.1, 0.15) is 52.4 Å². The van der Waals surface area contributed by atoms with Crippen molar-refractivity contribution in [1.29, 1.82) is 0 Å². The maximum absolute atomic E-state index is 2.40. The topological polar surface area (TPSA) is 0 Å². The Kier molecular flexibility index (Phi) is 4.04. The van der Waals surface area contributed by atoms with Crippen LogP contribution >= 0.6 is 0 Å². The molecular weight excluding hydrogens is 192 g/mol. The molecule has 0 N–H and O–H groups in total. The molecule has 0 bridgehead atoms. The lowest BCUT2D eigenvalue weighted by Crippen LogP contribution is -2.12. The number of allylic oxidation sites excluding steroid dienone is 6. The van der Waals surface area contributed by atoms with Crippen molar-refractivity contribution in [2.75, 3.05) is 0 Å². The van der Waals surface area contributed by atoms with Crippen LogP contribution in [0.25, 0.3) is 0 Å². The van der Waals surface area contributed by atoms with Gasteiger partial charge in [0.15, 0.2) is 0 Å². The van der Waals surface area contributed by atoms with Crippen LogP contribution in [0, 0.1) is 11.8 Å². The van der Waals surface area contributed by atoms with Gasteiger partial charge in [-0.25, -0.2) is 0 Å². The van der Waals surface area contributed by atoms with Gasteiger partial charge in [-0.3, -0.25) is 0 Å². The molecule has 0 aromatic carbocycles. The molecule has 2 rings (SSSR count). The quantitative estimate of drug-likeness (QED) is 0.607. The van der Waals surface area contributed by atoms with Crippen molar-refractivity contribution in [3.63, 3.8) is 0 Å². The van der Waals surface area contributed by atoms with E-state index < -0.39 is 0 Å². The van der Waals surface area contributed by atoms with E-state index in [9.17, 15) is 0 Å². The maximum Gasteiger partial charge on any atom is -0.0132 e. The minimum atomic E-state index is 0.961. The molecule has 0 nitrogen and oxygen atoms in total. The van der Waals surface area contributed by atoms with Gasteiger partial charge in [0.25, 0.3) is 0 Å². The van der Waals surface area contributed by atoms with E-state index in [1.807, 2.05) is 0 Å². The Morgan fingerprint density at radius 2 is 1.88 bits per heavy atom. The molecule has 0 spiro atoms. The van der Waals surface area contributed by atoms with E-state index in [-0.39, 0.29) is 0 Å². The van der Waals surface area contributed by atoms with Crippen molar-refractivity contribution in [1.82, 2.24) is 0 Å². The van der Waals surface area contributed by atoms with Gasteiger partial charge in [-0.1, -0.05) is 55.2 Å². The fourth-order valence-electron chi connectivity index (χ4n) is 2.82. The first-order chi connectivity index (χ1) is 7.74. The molecule has 0 heterocycles. The van der Waals surface area contributed by atoms with Crippen molar-refractivity contribution in [2.24, 2.45) is 11.8 Å². The molecule has 0 unspecified atom stereocenters. The molecule has 88 valence electrons. The first-order valence-electron chi connectivity index (χ1n) is 6.77. The van der Waals surface area contributed by atoms with Gasteiger partial charge >= 0.3 is 0 Å². The third kappa shape index (κ3) is 3.37. The molecule has 0 radical (unpaired) electrons. The van der Waals surface area contributed by atoms with E-state index in [1.54, 1.807) is 5.57 Å². The van der Waals surface area contributed by atoms with Crippen LogP contribution in [0.4, 0.5) is 0 Å². The molecule has 0 aliphatic heterocycles. The van der Waals surface area contributed by atoms with E-state index in [0.717, 1.165) is 11.8 Å². The summed E-state index contributed by atoms with van der Waals surface area (Å²) < 4.78 is 0. The molecule has 1 saturated carbocycles. The molecule has 16 heavy (non-hydrogen) atoms. The summed E-state index contributed by atoms with van der Waals surface area (Å²) in [4.78, 5) is 0. The minimum Gasteiger partial charge on any atom is -0.0802 e. The van der Waals surface area contributed by atoms with Gasteiger partial charge in [0.05, 0.1) is 0 Å². The van der Waals surface area contributed by atoms with E-state index in [4.69, 9.17) is 0 Å². The number of rotatable bonds is 2. The van der Waals surface area contributed by atoms with E-state index in [0.29, 0.717) is 0 Å². The fraction of sp³-hybridized carbons (Fsp3) is 0.625. The monoisotopic (exact) mass is 216 g/mol. The maximum atomic E-state index is 2.40. The summed E-state index contributed by atoms with van der Waals surface area (Å²) in [5.41, 5.74) is 3.01. The molecule has 0 aromatic heterocycles. The third-order valence-electron chi connectivity index (χ3n) is 4.03. The molecule has 0 heteroatoms. The lowest BCUT2D eigenvalue weighted by Gasteiger charge is -2.26. The van der Waals surface area contributed by atoms with Crippen molar-refractivity contribution in [2.45, 2.75) is 52.4 Å². The molecule has 0 amide bonds. The van der Waals surface area contributed by atoms with Crippen LogP contribution < -0.4 is 0 Å². The number of hydrogen-bond acceptors (Lipinski definition) is 0. The third-order valence-corrected chi connectivity index (χ3v) is 4.03. The Morgan fingerprint density at radius 3 is 2.62 bits per heavy atom. The second-order valence-corrected chi connectivity index (χ2v) is 5.67. The number of hydrogen-bond donors (Lipinski definition) is 0. The summed E-state index contributed by atoms with van der Waals surface area (Å²) in [6.07, 6.45) is 17.5. The Labute approximate surface area is 100 Å². The van der Waals surface area contributed by atoms with Crippen LogP contribution in [0.15, 0.2) is 35.5 Å². The average Bonchev–Trinajstić information content (AvgIpc) is 2.47. The molecule has 2 aliphatic rings. The summed E-state index contributed by atoms with van der Waals surface area (Å²) in [6.45, 7) is 4.58. The van der Waals surface area contributed by atoms with Crippen LogP contribution in [0.3, 0.4) is 0 Å². The summed E-state index contributed by atoms with van der Waals surface area (Å²) in [6, 6.07) is 0. The van der Waals surface area contributed by atoms with E-state index in [2.05, 4.69) is 38.2 Å². The standard InChI is InChI=1S/C16H24/c1-13-4-3-5-15(9-6-13)12-16-10-7-14(2)8-11-16/h3-4,6,9,14,16H,5,7-8,10-12H2,1-2H3. The molecular formula is C16H24. The highest BCUT2D eigenvalue weighted by Crippen LogP contribution is 2.33. The zero-order chi connectivity index (χ0) is 11.4. The first-order valence-corrected chi connectivity index (χ1v) is 6.77. The summed E-state index contributed by atoms with van der Waals surface area (Å²) in [7, 11) is 0. The SMILES string of the molecule is CC1=CC=C(CC2CCC(C)CC2)CC=C1. The smallest absolute Gasteiger partial charge is 0.0132 e. The van der Waals surface area contributed by atoms with Crippen molar-refractivity contribution in [3.8, 4) is 0 Å². The first kappa shape index (κ1) is 11.7. The van der Waals surface area contributed by atoms with Gasteiger partial charge in [0, 0.05) is 0 Å². The Morgan fingerprint density at radius 1 is 1.12 bits per heavy atom. The predicted molar refractivity (Wildman–Crippen MR) is 71.3 cm³/mol. The van der Waals surface area contributed by atoms with Crippen LogP contribution in [0.5, 0.6) is 0 Å². The minimum absolute atomic E-state index is 0.961. The highest BCUT2D eigenvalue weighted by Gasteiger charge is 2.18. The second-order valence-electron chi connectivity index (χ2n) is 5.67. The predicted octanol–water partition coefficient (Wildman–Crippen LogP) is 5.04. The van der Waals surface area contributed by atoms with Gasteiger partial charge < -0.3 is 0 Å². The molecule has 0 aromatic rings. The van der Waals surface area contributed by atoms with Gasteiger partial charge in [-0.05, 0) is 44.4 Å². The molecule has 2 aliphatic carbocycles. The zero-order valence-corrected chi connectivity index (χ0v) is 10.7. The normalized spacial score (nSPS) is 30.6. The summed E-state index contributed by atoms with van der Waals surface area (Å²) in [5, 5.41) is 0. The zero-order valence-electron chi connectivity index (χ0n) is 10.7. The second kappa shape index (κ2) is 5.52. The van der Waals surface area contributed by atoms with Crippen molar-refractivity contribution < 1.29 is 0 Å². The van der Waals surface area contributed by atoms with Gasteiger partial charge in [0.1, 0.15) is 0 Å². The Hall–Kier alpha value is -0.780. The van der Waals surface area contributed by atoms with Crippen LogP contribution in [0.2, 0.25) is 0 Å². The Balaban J connectivity index is 1.88. The van der Waals surface area contributed by atoms with Gasteiger partial charge in [0.2, 0.25) is 0 Å². The van der Waals surface area contributed by atoms with Crippen LogP contribution in [-0.4, -0.2) is 0 Å². The largest absolute Gasteiger partial charge is 0.0802 e. The highest BCUT2D eigenvalue weighted by atomic mass is 14.2. The van der Waals surface area contributed by atoms with Gasteiger partial charge in [-0.15, -0.1) is 0 Å². The lowest BCUT2D eigenvalue weighted by molar-refractivity contribution is 0.288. The highest BCUT2D eigenvalue weighted by molar-refractivity contribution is 5.29. The molecule has 1 fully saturated rings. The molecule has 0 atom stereocenters. The lowest BCUT2D eigenvalue weighted by atomic mass is 9.79. The fourth-order valence-corrected chi connectivity index (χ4v) is 2.82. The Bertz CT molecular complexity index is 309. The van der Waals surface area contributed by atoms with Crippen LogP contribution in [-0.2, 0) is 0 Å². The van der Waals surface area contributed by atoms with E-state index >= 15 is 0 Å². The van der Waals surface area contributed by atoms with Crippen molar-refractivity contribution >= 4 is 0 Å². The van der Waals surface area contributed by atoms with Gasteiger partial charge in [-0.2, -0.15) is 0 Å². The summed E-state index contributed by atoms with van der Waals surface area (Å²) >= 11 is 0. The van der Waals surface area contributed by atoms with E-state index in [1.165, 1.54) is 44.1 Å². The summed E-state index contributed by atoms with van der Waals surface area (Å²) in [5.74, 6) is 1.93. The van der Waals surface area contributed by atoms with Crippen molar-refractivity contribution in [3.05, 3.63) is 35.5 Å². The molecule has 0 saturated heterocycles. The average molecular weight is 216 g/mol.